The fourth-order valence-electron chi connectivity index (χ4n) is 1.75. The topological polar surface area (TPSA) is 65.2 Å². The first-order valence-electron chi connectivity index (χ1n) is 5.66. The van der Waals surface area contributed by atoms with Crippen LogP contribution in [0.15, 0.2) is 12.1 Å². The number of pyridine rings is 1. The Balaban J connectivity index is 2.70. The molecule has 2 N–H and O–H groups in total. The maximum Gasteiger partial charge on any atom is 0.356 e. The first kappa shape index (κ1) is 17.4. The molecular weight excluding hydrogens is 393 g/mol. The van der Waals surface area contributed by atoms with Crippen LogP contribution in [0, 0.1) is 0 Å². The molecule has 2 aromatic rings. The van der Waals surface area contributed by atoms with Crippen molar-refractivity contribution in [3.8, 4) is 11.1 Å². The van der Waals surface area contributed by atoms with Gasteiger partial charge < -0.3 is 10.5 Å². The number of esters is 1. The van der Waals surface area contributed by atoms with Crippen molar-refractivity contribution in [3.05, 3.63) is 42.9 Å². The van der Waals surface area contributed by atoms with E-state index in [1.54, 1.807) is 0 Å². The highest BCUT2D eigenvalue weighted by atomic mass is 35.5. The molecule has 1 aromatic carbocycles. The summed E-state index contributed by atoms with van der Waals surface area (Å²) >= 11 is 30.3. The Morgan fingerprint density at radius 1 is 1.00 bits per heavy atom. The van der Waals surface area contributed by atoms with E-state index in [9.17, 15) is 4.79 Å². The number of aromatic nitrogens is 1. The third-order valence-corrected chi connectivity index (χ3v) is 5.08. The molecule has 116 valence electrons. The molecule has 0 radical (unpaired) electrons. The van der Waals surface area contributed by atoms with Crippen molar-refractivity contribution in [1.82, 2.24) is 4.98 Å². The molecule has 0 aliphatic heterocycles. The molecule has 0 amide bonds. The van der Waals surface area contributed by atoms with E-state index in [0.29, 0.717) is 5.56 Å². The second-order valence-electron chi connectivity index (χ2n) is 4.07. The van der Waals surface area contributed by atoms with E-state index in [4.69, 9.17) is 63.7 Å². The number of rotatable bonds is 2. The number of hydrogen-bond donors (Lipinski definition) is 1. The van der Waals surface area contributed by atoms with Crippen molar-refractivity contribution >= 4 is 69.8 Å². The average molecular weight is 400 g/mol. The highest BCUT2D eigenvalue weighted by Crippen LogP contribution is 2.49. The average Bonchev–Trinajstić information content (AvgIpc) is 2.51. The fourth-order valence-corrected chi connectivity index (χ4v) is 3.09. The largest absolute Gasteiger partial charge is 0.464 e. The first-order chi connectivity index (χ1) is 10.3. The minimum atomic E-state index is -0.623. The third-order valence-electron chi connectivity index (χ3n) is 2.80. The molecule has 0 aliphatic carbocycles. The van der Waals surface area contributed by atoms with Crippen LogP contribution in [-0.4, -0.2) is 18.1 Å². The molecule has 2 rings (SSSR count). The van der Waals surface area contributed by atoms with Crippen LogP contribution in [0.25, 0.3) is 11.1 Å². The zero-order valence-electron chi connectivity index (χ0n) is 10.9. The maximum atomic E-state index is 11.4. The molecule has 0 aliphatic rings. The predicted octanol–water partition coefficient (Wildman–Crippen LogP) is 5.38. The smallest absolute Gasteiger partial charge is 0.356 e. The Hall–Kier alpha value is -0.910. The Morgan fingerprint density at radius 2 is 1.50 bits per heavy atom. The molecule has 0 bridgehead atoms. The van der Waals surface area contributed by atoms with E-state index < -0.39 is 5.97 Å². The van der Waals surface area contributed by atoms with Crippen molar-refractivity contribution < 1.29 is 9.53 Å². The van der Waals surface area contributed by atoms with Gasteiger partial charge in [-0.3, -0.25) is 0 Å². The maximum absolute atomic E-state index is 11.4. The number of benzene rings is 1. The summed E-state index contributed by atoms with van der Waals surface area (Å²) in [6.07, 6.45) is 0. The third kappa shape index (κ3) is 2.94. The number of hydrogen-bond acceptors (Lipinski definition) is 4. The summed E-state index contributed by atoms with van der Waals surface area (Å²) in [7, 11) is 1.24. The van der Waals surface area contributed by atoms with Crippen LogP contribution in [0.1, 0.15) is 10.5 Å². The van der Waals surface area contributed by atoms with Gasteiger partial charge in [-0.15, -0.1) is 0 Å². The molecule has 22 heavy (non-hydrogen) atoms. The molecule has 0 unspecified atom stereocenters. The Bertz CT molecular complexity index is 751. The van der Waals surface area contributed by atoms with Crippen LogP contribution in [0.4, 0.5) is 5.82 Å². The summed E-state index contributed by atoms with van der Waals surface area (Å²) in [5, 5.41) is 0.300. The summed E-state index contributed by atoms with van der Waals surface area (Å²) < 4.78 is 4.57. The van der Waals surface area contributed by atoms with Gasteiger partial charge in [0.1, 0.15) is 5.82 Å². The monoisotopic (exact) mass is 398 g/mol. The van der Waals surface area contributed by atoms with E-state index in [0.717, 1.165) is 0 Å². The molecular formula is C13H7Cl5N2O2. The molecule has 1 heterocycles. The van der Waals surface area contributed by atoms with Gasteiger partial charge in [-0.2, -0.15) is 0 Å². The van der Waals surface area contributed by atoms with E-state index in [1.807, 2.05) is 0 Å². The standard InChI is InChI=1S/C13H7Cl5N2O2/c1-22-13(21)5-3-2-4(12(19)20-5)6-7(14)9(16)11(18)10(17)8(6)15/h2-3H,1H3,(H2,19,20). The number of nitrogens with zero attached hydrogens (tertiary/aromatic N) is 1. The number of halogens is 5. The van der Waals surface area contributed by atoms with Gasteiger partial charge in [-0.25, -0.2) is 9.78 Å². The van der Waals surface area contributed by atoms with Crippen molar-refractivity contribution in [1.29, 1.82) is 0 Å². The molecule has 0 saturated carbocycles. The van der Waals surface area contributed by atoms with Gasteiger partial charge >= 0.3 is 5.97 Å². The lowest BCUT2D eigenvalue weighted by Crippen LogP contribution is -2.07. The SMILES string of the molecule is COC(=O)c1ccc(-c2c(Cl)c(Cl)c(Cl)c(Cl)c2Cl)c(N)n1. The zero-order valence-corrected chi connectivity index (χ0v) is 14.7. The van der Waals surface area contributed by atoms with Gasteiger partial charge in [0.15, 0.2) is 5.69 Å². The summed E-state index contributed by atoms with van der Waals surface area (Å²) in [6.45, 7) is 0. The Labute approximate surface area is 151 Å². The van der Waals surface area contributed by atoms with Crippen molar-refractivity contribution in [3.63, 3.8) is 0 Å². The molecule has 0 fully saturated rings. The second kappa shape index (κ2) is 6.69. The van der Waals surface area contributed by atoms with E-state index in [2.05, 4.69) is 9.72 Å². The van der Waals surface area contributed by atoms with Crippen LogP contribution in [0.5, 0.6) is 0 Å². The summed E-state index contributed by atoms with van der Waals surface area (Å²) in [4.78, 5) is 15.4. The number of carbonyl (C=O) groups is 1. The summed E-state index contributed by atoms with van der Waals surface area (Å²) in [5.41, 5.74) is 6.56. The van der Waals surface area contributed by atoms with Crippen LogP contribution >= 0.6 is 58.0 Å². The summed E-state index contributed by atoms with van der Waals surface area (Å²) in [5.74, 6) is -0.608. The number of carbonyl (C=O) groups excluding carboxylic acids is 1. The van der Waals surface area contributed by atoms with Crippen LogP contribution in [-0.2, 0) is 4.74 Å². The molecule has 4 nitrogen and oxygen atoms in total. The van der Waals surface area contributed by atoms with Crippen molar-refractivity contribution in [2.75, 3.05) is 12.8 Å². The van der Waals surface area contributed by atoms with Crippen LogP contribution in [0.3, 0.4) is 0 Å². The van der Waals surface area contributed by atoms with E-state index >= 15 is 0 Å². The van der Waals surface area contributed by atoms with Gasteiger partial charge in [0.25, 0.3) is 0 Å². The van der Waals surface area contributed by atoms with Crippen molar-refractivity contribution in [2.45, 2.75) is 0 Å². The number of nitrogens with two attached hydrogens (primary N) is 1. The molecule has 0 saturated heterocycles. The zero-order chi connectivity index (χ0) is 16.6. The lowest BCUT2D eigenvalue weighted by Gasteiger charge is -2.14. The fraction of sp³-hybridized carbons (Fsp3) is 0.0769. The Morgan fingerprint density at radius 3 is 1.95 bits per heavy atom. The van der Waals surface area contributed by atoms with Crippen molar-refractivity contribution in [2.24, 2.45) is 0 Å². The normalized spacial score (nSPS) is 10.6. The van der Waals surface area contributed by atoms with Gasteiger partial charge in [-0.1, -0.05) is 58.0 Å². The number of ether oxygens (including phenoxy) is 1. The first-order valence-corrected chi connectivity index (χ1v) is 7.55. The summed E-state index contributed by atoms with van der Waals surface area (Å²) in [6, 6.07) is 2.93. The van der Waals surface area contributed by atoms with Gasteiger partial charge in [0.05, 0.1) is 32.2 Å². The van der Waals surface area contributed by atoms with Gasteiger partial charge in [0.2, 0.25) is 0 Å². The minimum Gasteiger partial charge on any atom is -0.464 e. The Kier molecular flexibility index (Phi) is 5.30. The second-order valence-corrected chi connectivity index (χ2v) is 5.96. The predicted molar refractivity (Wildman–Crippen MR) is 90.5 cm³/mol. The lowest BCUT2D eigenvalue weighted by atomic mass is 10.1. The molecule has 1 aromatic heterocycles. The lowest BCUT2D eigenvalue weighted by molar-refractivity contribution is 0.0594. The van der Waals surface area contributed by atoms with E-state index in [-0.39, 0.29) is 42.2 Å². The highest BCUT2D eigenvalue weighted by molar-refractivity contribution is 6.56. The van der Waals surface area contributed by atoms with Gasteiger partial charge in [-0.05, 0) is 12.1 Å². The van der Waals surface area contributed by atoms with Gasteiger partial charge in [0, 0.05) is 11.1 Å². The number of methoxy groups -OCH3 is 1. The molecule has 9 heteroatoms. The number of nitrogen functional groups attached to an aromatic ring is 1. The minimum absolute atomic E-state index is 0.0150. The van der Waals surface area contributed by atoms with Crippen LogP contribution < -0.4 is 5.73 Å². The number of anilines is 1. The van der Waals surface area contributed by atoms with E-state index in [1.165, 1.54) is 19.2 Å². The quantitative estimate of drug-likeness (QED) is 0.417. The highest BCUT2D eigenvalue weighted by Gasteiger charge is 2.22. The molecule has 0 spiro atoms. The molecule has 0 atom stereocenters. The van der Waals surface area contributed by atoms with Crippen LogP contribution in [0.2, 0.25) is 25.1 Å².